The Balaban J connectivity index is 3.62. The van der Waals surface area contributed by atoms with Crippen molar-refractivity contribution in [1.29, 1.82) is 0 Å². The number of aliphatic hydroxyl groups excluding tert-OH is 1. The van der Waals surface area contributed by atoms with E-state index in [1.807, 2.05) is 6.92 Å². The van der Waals surface area contributed by atoms with Crippen molar-refractivity contribution in [1.82, 2.24) is 10.6 Å². The second kappa shape index (κ2) is 6.80. The fourth-order valence-corrected chi connectivity index (χ4v) is 1.31. The molecule has 0 heterocycles. The highest BCUT2D eigenvalue weighted by Gasteiger charge is 2.16. The van der Waals surface area contributed by atoms with Crippen LogP contribution in [-0.4, -0.2) is 36.8 Å². The zero-order valence-corrected chi connectivity index (χ0v) is 10.3. The Morgan fingerprint density at radius 3 is 2.47 bits per heavy atom. The summed E-state index contributed by atoms with van der Waals surface area (Å²) in [6.45, 7) is 9.57. The molecule has 0 aliphatic carbocycles. The summed E-state index contributed by atoms with van der Waals surface area (Å²) < 4.78 is 0. The highest BCUT2D eigenvalue weighted by Crippen LogP contribution is 2.20. The van der Waals surface area contributed by atoms with Crippen molar-refractivity contribution < 1.29 is 9.90 Å². The first-order valence-electron chi connectivity index (χ1n) is 5.50. The molecule has 90 valence electrons. The van der Waals surface area contributed by atoms with Crippen LogP contribution in [-0.2, 0) is 4.79 Å². The van der Waals surface area contributed by atoms with Gasteiger partial charge in [0.25, 0.3) is 0 Å². The molecule has 0 saturated carbocycles. The monoisotopic (exact) mass is 216 g/mol. The number of carbonyl (C=O) groups is 1. The van der Waals surface area contributed by atoms with E-state index < -0.39 is 6.10 Å². The molecular formula is C11H24N2O2. The van der Waals surface area contributed by atoms with Crippen LogP contribution in [0.2, 0.25) is 0 Å². The lowest BCUT2D eigenvalue weighted by Crippen LogP contribution is -2.39. The van der Waals surface area contributed by atoms with Gasteiger partial charge in [-0.25, -0.2) is 0 Å². The summed E-state index contributed by atoms with van der Waals surface area (Å²) in [6.07, 6.45) is 0.227. The van der Waals surface area contributed by atoms with Crippen molar-refractivity contribution >= 4 is 5.91 Å². The third kappa shape index (κ3) is 9.69. The molecule has 0 fully saturated rings. The molecule has 0 aromatic heterocycles. The normalized spacial score (nSPS) is 13.7. The standard InChI is InChI=1S/C11H24N2O2/c1-5-12-8-10(15)13-7-9(14)6-11(2,3)4/h9,12,14H,5-8H2,1-4H3,(H,13,15). The second-order valence-corrected chi connectivity index (χ2v) is 5.00. The minimum absolute atomic E-state index is 0.0650. The number of amides is 1. The lowest BCUT2D eigenvalue weighted by atomic mass is 9.89. The van der Waals surface area contributed by atoms with Gasteiger partial charge >= 0.3 is 0 Å². The third-order valence-corrected chi connectivity index (χ3v) is 1.92. The van der Waals surface area contributed by atoms with Gasteiger partial charge in [-0.1, -0.05) is 27.7 Å². The Bertz CT molecular complexity index is 188. The quantitative estimate of drug-likeness (QED) is 0.606. The maximum Gasteiger partial charge on any atom is 0.234 e. The average molecular weight is 216 g/mol. The molecule has 3 N–H and O–H groups in total. The molecule has 0 aromatic rings. The predicted octanol–water partition coefficient (Wildman–Crippen LogP) is 0.509. The number of likely N-dealkylation sites (N-methyl/N-ethyl adjacent to an activating group) is 1. The molecule has 0 aliphatic heterocycles. The first-order chi connectivity index (χ1) is 6.85. The van der Waals surface area contributed by atoms with Crippen LogP contribution in [0, 0.1) is 5.41 Å². The summed E-state index contributed by atoms with van der Waals surface area (Å²) in [7, 11) is 0. The van der Waals surface area contributed by atoms with E-state index in [0.717, 1.165) is 6.54 Å². The number of carbonyl (C=O) groups excluding carboxylic acids is 1. The molecule has 0 rings (SSSR count). The lowest BCUT2D eigenvalue weighted by molar-refractivity contribution is -0.120. The topological polar surface area (TPSA) is 61.4 Å². The van der Waals surface area contributed by atoms with Crippen molar-refractivity contribution in [3.05, 3.63) is 0 Å². The fourth-order valence-electron chi connectivity index (χ4n) is 1.31. The minimum atomic E-state index is -0.462. The number of aliphatic hydroxyl groups is 1. The van der Waals surface area contributed by atoms with E-state index in [9.17, 15) is 9.90 Å². The van der Waals surface area contributed by atoms with Gasteiger partial charge in [-0.15, -0.1) is 0 Å². The molecule has 1 atom stereocenters. The largest absolute Gasteiger partial charge is 0.391 e. The molecule has 4 heteroatoms. The van der Waals surface area contributed by atoms with Gasteiger partial charge in [0.15, 0.2) is 0 Å². The molecule has 15 heavy (non-hydrogen) atoms. The molecular weight excluding hydrogens is 192 g/mol. The predicted molar refractivity (Wildman–Crippen MR) is 61.6 cm³/mol. The Hall–Kier alpha value is -0.610. The van der Waals surface area contributed by atoms with Gasteiger partial charge in [0.05, 0.1) is 12.6 Å². The van der Waals surface area contributed by atoms with Gasteiger partial charge in [-0.2, -0.15) is 0 Å². The van der Waals surface area contributed by atoms with Gasteiger partial charge < -0.3 is 15.7 Å². The minimum Gasteiger partial charge on any atom is -0.391 e. The van der Waals surface area contributed by atoms with Crippen molar-refractivity contribution in [3.8, 4) is 0 Å². The van der Waals surface area contributed by atoms with E-state index in [2.05, 4.69) is 31.4 Å². The van der Waals surface area contributed by atoms with E-state index in [0.29, 0.717) is 19.5 Å². The molecule has 4 nitrogen and oxygen atoms in total. The first kappa shape index (κ1) is 14.4. The Morgan fingerprint density at radius 2 is 2.00 bits per heavy atom. The highest BCUT2D eigenvalue weighted by molar-refractivity contribution is 5.77. The van der Waals surface area contributed by atoms with Crippen molar-refractivity contribution in [2.24, 2.45) is 5.41 Å². The summed E-state index contributed by atoms with van der Waals surface area (Å²) in [6, 6.07) is 0. The van der Waals surface area contributed by atoms with E-state index >= 15 is 0 Å². The van der Waals surface area contributed by atoms with E-state index in [4.69, 9.17) is 0 Å². The first-order valence-corrected chi connectivity index (χ1v) is 5.50. The van der Waals surface area contributed by atoms with Crippen molar-refractivity contribution in [2.45, 2.75) is 40.2 Å². The average Bonchev–Trinajstić information content (AvgIpc) is 2.08. The zero-order valence-electron chi connectivity index (χ0n) is 10.3. The molecule has 0 bridgehead atoms. The van der Waals surface area contributed by atoms with Crippen LogP contribution in [0.3, 0.4) is 0 Å². The van der Waals surface area contributed by atoms with Crippen molar-refractivity contribution in [2.75, 3.05) is 19.6 Å². The second-order valence-electron chi connectivity index (χ2n) is 5.00. The molecule has 1 unspecified atom stereocenters. The summed E-state index contributed by atoms with van der Waals surface area (Å²) in [4.78, 5) is 11.2. The number of hydrogen-bond donors (Lipinski definition) is 3. The fraction of sp³-hybridized carbons (Fsp3) is 0.909. The van der Waals surface area contributed by atoms with Gasteiger partial charge in [-0.05, 0) is 18.4 Å². The zero-order chi connectivity index (χ0) is 11.9. The third-order valence-electron chi connectivity index (χ3n) is 1.92. The highest BCUT2D eigenvalue weighted by atomic mass is 16.3. The van der Waals surface area contributed by atoms with Gasteiger partial charge in [0, 0.05) is 6.54 Å². The summed E-state index contributed by atoms with van der Waals surface area (Å²) in [5, 5.41) is 15.2. The van der Waals surface area contributed by atoms with Gasteiger partial charge in [0.2, 0.25) is 5.91 Å². The summed E-state index contributed by atoms with van der Waals surface area (Å²) >= 11 is 0. The number of hydrogen-bond acceptors (Lipinski definition) is 3. The van der Waals surface area contributed by atoms with Gasteiger partial charge in [-0.3, -0.25) is 4.79 Å². The van der Waals surface area contributed by atoms with Crippen LogP contribution in [0.1, 0.15) is 34.1 Å². The Kier molecular flexibility index (Phi) is 6.52. The van der Waals surface area contributed by atoms with Crippen LogP contribution in [0.25, 0.3) is 0 Å². The van der Waals surface area contributed by atoms with E-state index in [1.165, 1.54) is 0 Å². The Morgan fingerprint density at radius 1 is 1.40 bits per heavy atom. The van der Waals surface area contributed by atoms with Crippen LogP contribution in [0.5, 0.6) is 0 Å². The van der Waals surface area contributed by atoms with Crippen LogP contribution in [0.15, 0.2) is 0 Å². The molecule has 0 aromatic carbocycles. The van der Waals surface area contributed by atoms with Crippen LogP contribution in [0.4, 0.5) is 0 Å². The smallest absolute Gasteiger partial charge is 0.234 e. The lowest BCUT2D eigenvalue weighted by Gasteiger charge is -2.22. The molecule has 0 spiro atoms. The summed E-state index contributed by atoms with van der Waals surface area (Å²) in [5.41, 5.74) is 0.0891. The van der Waals surface area contributed by atoms with E-state index in [1.54, 1.807) is 0 Å². The SMILES string of the molecule is CCNCC(=O)NCC(O)CC(C)(C)C. The van der Waals surface area contributed by atoms with Crippen LogP contribution < -0.4 is 10.6 Å². The molecule has 0 saturated heterocycles. The van der Waals surface area contributed by atoms with Crippen molar-refractivity contribution in [3.63, 3.8) is 0 Å². The maximum absolute atomic E-state index is 11.2. The molecule has 1 amide bonds. The number of nitrogens with one attached hydrogen (secondary N) is 2. The number of rotatable bonds is 6. The Labute approximate surface area is 92.4 Å². The van der Waals surface area contributed by atoms with Crippen LogP contribution >= 0.6 is 0 Å². The summed E-state index contributed by atoms with van der Waals surface area (Å²) in [5.74, 6) is -0.0650. The maximum atomic E-state index is 11.2. The molecule has 0 radical (unpaired) electrons. The molecule has 0 aliphatic rings. The van der Waals surface area contributed by atoms with Gasteiger partial charge in [0.1, 0.15) is 0 Å². The van der Waals surface area contributed by atoms with E-state index in [-0.39, 0.29) is 11.3 Å².